The first-order valence-corrected chi connectivity index (χ1v) is 12.1. The monoisotopic (exact) mass is 498 g/mol. The number of amides is 2. The molecule has 0 spiro atoms. The molecule has 1 aliphatic rings. The van der Waals surface area contributed by atoms with Gasteiger partial charge in [-0.15, -0.1) is 0 Å². The van der Waals surface area contributed by atoms with E-state index in [2.05, 4.69) is 25.6 Å². The van der Waals surface area contributed by atoms with Crippen molar-refractivity contribution in [2.75, 3.05) is 38.7 Å². The highest BCUT2D eigenvalue weighted by Gasteiger charge is 2.17. The molecule has 11 nitrogen and oxygen atoms in total. The van der Waals surface area contributed by atoms with Gasteiger partial charge in [-0.1, -0.05) is 24.3 Å². The molecule has 0 bridgehead atoms. The summed E-state index contributed by atoms with van der Waals surface area (Å²) < 4.78 is 16.3. The second-order valence-corrected chi connectivity index (χ2v) is 8.09. The number of nitrogens with two attached hydrogens (primary N) is 1. The van der Waals surface area contributed by atoms with Crippen molar-refractivity contribution in [1.82, 2.24) is 20.6 Å². The maximum atomic E-state index is 12.1. The van der Waals surface area contributed by atoms with Crippen molar-refractivity contribution in [3.05, 3.63) is 41.1 Å². The summed E-state index contributed by atoms with van der Waals surface area (Å²) >= 11 is 0. The predicted octanol–water partition coefficient (Wildman–Crippen LogP) is 1.85. The van der Waals surface area contributed by atoms with Crippen LogP contribution < -0.4 is 21.1 Å². The van der Waals surface area contributed by atoms with Gasteiger partial charge in [0.05, 0.1) is 25.5 Å². The number of carbonyl (C=O) groups is 2. The van der Waals surface area contributed by atoms with E-state index in [-0.39, 0.29) is 17.8 Å². The molecule has 2 amide bonds. The molecule has 11 heteroatoms. The molecule has 1 aromatic heterocycles. The minimum atomic E-state index is -0.0924. The molecule has 1 aliphatic heterocycles. The number of aromatic nitrogens is 2. The van der Waals surface area contributed by atoms with E-state index in [4.69, 9.17) is 19.9 Å². The summed E-state index contributed by atoms with van der Waals surface area (Å²) in [5.74, 6) is 0.363. The highest BCUT2D eigenvalue weighted by molar-refractivity contribution is 5.79. The van der Waals surface area contributed by atoms with Crippen molar-refractivity contribution in [3.63, 3.8) is 0 Å². The standard InChI is InChI=1S/C25H34N6O5/c1-2-34-14-15-35-13-12-27-21(32)4-3-5-22(33)29-16-18-6-8-19(9-7-18)17-36-24-23-20(10-11-28-23)30-25(26)31-24/h6-9,11H,2-5,10,12-17H2,1H3,(H,27,32)(H,29,33)(H2,26,30,31). The van der Waals surface area contributed by atoms with Crippen LogP contribution in [0.15, 0.2) is 29.3 Å². The Kier molecular flexibility index (Phi) is 11.1. The number of nitrogens with one attached hydrogen (secondary N) is 2. The number of carbonyl (C=O) groups excluding carboxylic acids is 2. The topological polar surface area (TPSA) is 150 Å². The fourth-order valence-electron chi connectivity index (χ4n) is 3.41. The molecular weight excluding hydrogens is 464 g/mol. The maximum Gasteiger partial charge on any atom is 0.245 e. The van der Waals surface area contributed by atoms with Crippen LogP contribution in [-0.4, -0.2) is 61.0 Å². The first kappa shape index (κ1) is 27.0. The summed E-state index contributed by atoms with van der Waals surface area (Å²) in [5.41, 5.74) is 9.05. The Bertz CT molecular complexity index is 1030. The van der Waals surface area contributed by atoms with Crippen molar-refractivity contribution < 1.29 is 23.8 Å². The Balaban J connectivity index is 1.28. The number of rotatable bonds is 16. The third kappa shape index (κ3) is 9.23. The van der Waals surface area contributed by atoms with E-state index in [1.54, 1.807) is 6.21 Å². The molecule has 3 rings (SSSR count). The molecule has 0 atom stereocenters. The lowest BCUT2D eigenvalue weighted by atomic mass is 10.1. The molecule has 194 valence electrons. The molecular formula is C25H34N6O5. The molecule has 0 saturated heterocycles. The van der Waals surface area contributed by atoms with Gasteiger partial charge in [-0.3, -0.25) is 14.6 Å². The Hall–Kier alpha value is -3.57. The SMILES string of the molecule is CCOCCOCCNC(=O)CCCC(=O)NCc1ccc(COc2nc(N)nc3c2N=CC3)cc1. The molecule has 0 fully saturated rings. The van der Waals surface area contributed by atoms with Gasteiger partial charge in [0, 0.05) is 45.2 Å². The number of ether oxygens (including phenoxy) is 3. The van der Waals surface area contributed by atoms with Crippen LogP contribution in [-0.2, 0) is 38.6 Å². The largest absolute Gasteiger partial charge is 0.471 e. The number of fused-ring (bicyclic) bond motifs is 1. The number of hydrogen-bond acceptors (Lipinski definition) is 9. The molecule has 0 radical (unpaired) electrons. The Morgan fingerprint density at radius 2 is 1.69 bits per heavy atom. The summed E-state index contributed by atoms with van der Waals surface area (Å²) in [6.07, 6.45) is 3.46. The number of nitrogens with zero attached hydrogens (tertiary/aromatic N) is 3. The van der Waals surface area contributed by atoms with Gasteiger partial charge in [0.15, 0.2) is 0 Å². The van der Waals surface area contributed by atoms with Crippen LogP contribution in [0.2, 0.25) is 0 Å². The normalized spacial score (nSPS) is 11.8. The molecule has 4 N–H and O–H groups in total. The van der Waals surface area contributed by atoms with Crippen molar-refractivity contribution in [1.29, 1.82) is 0 Å². The van der Waals surface area contributed by atoms with Gasteiger partial charge in [-0.2, -0.15) is 4.98 Å². The Labute approximate surface area is 210 Å². The fraction of sp³-hybridized carbons (Fsp3) is 0.480. The Morgan fingerprint density at radius 3 is 2.47 bits per heavy atom. The lowest BCUT2D eigenvalue weighted by Gasteiger charge is -2.10. The van der Waals surface area contributed by atoms with Crippen molar-refractivity contribution in [3.8, 4) is 5.88 Å². The highest BCUT2D eigenvalue weighted by Crippen LogP contribution is 2.32. The highest BCUT2D eigenvalue weighted by atomic mass is 16.5. The predicted molar refractivity (Wildman–Crippen MR) is 135 cm³/mol. The molecule has 2 aromatic rings. The third-order valence-corrected chi connectivity index (χ3v) is 5.29. The lowest BCUT2D eigenvalue weighted by Crippen LogP contribution is -2.28. The van der Waals surface area contributed by atoms with Gasteiger partial charge < -0.3 is 30.6 Å². The van der Waals surface area contributed by atoms with Crippen LogP contribution >= 0.6 is 0 Å². The van der Waals surface area contributed by atoms with Crippen LogP contribution in [0.1, 0.15) is 43.0 Å². The molecule has 36 heavy (non-hydrogen) atoms. The number of anilines is 1. The second-order valence-electron chi connectivity index (χ2n) is 8.09. The zero-order chi connectivity index (χ0) is 25.6. The van der Waals surface area contributed by atoms with Gasteiger partial charge >= 0.3 is 0 Å². The molecule has 0 saturated carbocycles. The zero-order valence-electron chi connectivity index (χ0n) is 20.6. The average Bonchev–Trinajstić information content (AvgIpc) is 3.34. The second kappa shape index (κ2) is 14.7. The average molecular weight is 499 g/mol. The lowest BCUT2D eigenvalue weighted by molar-refractivity contribution is -0.122. The van der Waals surface area contributed by atoms with Crippen LogP contribution in [0.5, 0.6) is 5.88 Å². The summed E-state index contributed by atoms with van der Waals surface area (Å²) in [4.78, 5) is 36.5. The number of aliphatic imine (C=N–C) groups is 1. The summed E-state index contributed by atoms with van der Waals surface area (Å²) in [5, 5.41) is 5.66. The van der Waals surface area contributed by atoms with E-state index < -0.39 is 0 Å². The van der Waals surface area contributed by atoms with Gasteiger partial charge in [0.2, 0.25) is 23.6 Å². The maximum absolute atomic E-state index is 12.1. The van der Waals surface area contributed by atoms with E-state index in [1.807, 2.05) is 31.2 Å². The first-order valence-electron chi connectivity index (χ1n) is 12.1. The minimum Gasteiger partial charge on any atom is -0.471 e. The van der Waals surface area contributed by atoms with E-state index in [9.17, 15) is 9.59 Å². The third-order valence-electron chi connectivity index (χ3n) is 5.29. The van der Waals surface area contributed by atoms with E-state index in [1.165, 1.54) is 0 Å². The molecule has 0 aliphatic carbocycles. The minimum absolute atomic E-state index is 0.0876. The van der Waals surface area contributed by atoms with E-state index in [0.29, 0.717) is 83.4 Å². The van der Waals surface area contributed by atoms with Crippen LogP contribution in [0.25, 0.3) is 0 Å². The number of benzene rings is 1. The van der Waals surface area contributed by atoms with Crippen molar-refractivity contribution in [2.45, 2.75) is 45.8 Å². The van der Waals surface area contributed by atoms with Gasteiger partial charge in [0.1, 0.15) is 12.3 Å². The van der Waals surface area contributed by atoms with Gasteiger partial charge in [-0.25, -0.2) is 4.98 Å². The fourth-order valence-corrected chi connectivity index (χ4v) is 3.41. The summed E-state index contributed by atoms with van der Waals surface area (Å²) in [6.45, 7) is 5.26. The van der Waals surface area contributed by atoms with Crippen LogP contribution in [0.3, 0.4) is 0 Å². The van der Waals surface area contributed by atoms with E-state index in [0.717, 1.165) is 16.8 Å². The Morgan fingerprint density at radius 1 is 0.972 bits per heavy atom. The molecule has 0 unspecified atom stereocenters. The zero-order valence-corrected chi connectivity index (χ0v) is 20.6. The number of nitrogen functional groups attached to an aromatic ring is 1. The van der Waals surface area contributed by atoms with Crippen LogP contribution in [0, 0.1) is 0 Å². The van der Waals surface area contributed by atoms with Gasteiger partial charge in [-0.05, 0) is 24.5 Å². The smallest absolute Gasteiger partial charge is 0.245 e. The summed E-state index contributed by atoms with van der Waals surface area (Å²) in [6, 6.07) is 7.72. The van der Waals surface area contributed by atoms with Crippen LogP contribution in [0.4, 0.5) is 11.6 Å². The molecule has 1 aromatic carbocycles. The number of hydrogen-bond donors (Lipinski definition) is 3. The van der Waals surface area contributed by atoms with Crippen molar-refractivity contribution >= 4 is 29.7 Å². The molecule has 2 heterocycles. The summed E-state index contributed by atoms with van der Waals surface area (Å²) in [7, 11) is 0. The van der Waals surface area contributed by atoms with Gasteiger partial charge in [0.25, 0.3) is 0 Å². The quantitative estimate of drug-likeness (QED) is 0.297. The van der Waals surface area contributed by atoms with Crippen molar-refractivity contribution in [2.24, 2.45) is 4.99 Å². The first-order chi connectivity index (χ1) is 17.5. The van der Waals surface area contributed by atoms with E-state index >= 15 is 0 Å².